The molecule has 1 aromatic heterocycles. The lowest BCUT2D eigenvalue weighted by Crippen LogP contribution is -2.47. The van der Waals surface area contributed by atoms with Gasteiger partial charge in [0.1, 0.15) is 18.4 Å². The van der Waals surface area contributed by atoms with Crippen LogP contribution in [0.3, 0.4) is 0 Å². The Bertz CT molecular complexity index is 1640. The van der Waals surface area contributed by atoms with Crippen LogP contribution in [0.15, 0.2) is 91.1 Å². The van der Waals surface area contributed by atoms with E-state index < -0.39 is 48.7 Å². The zero-order valence-corrected chi connectivity index (χ0v) is 25.0. The average molecular weight is 618 g/mol. The molecule has 1 fully saturated rings. The number of fused-ring (bicyclic) bond motifs is 1. The van der Waals surface area contributed by atoms with Crippen molar-refractivity contribution in [3.05, 3.63) is 108 Å². The van der Waals surface area contributed by atoms with Crippen LogP contribution < -0.4 is 10.6 Å². The third-order valence-electron chi connectivity index (χ3n) is 8.22. The van der Waals surface area contributed by atoms with E-state index in [4.69, 9.17) is 4.74 Å². The predicted octanol–water partition coefficient (Wildman–Crippen LogP) is 5.21. The molecule has 1 heterocycles. The van der Waals surface area contributed by atoms with E-state index in [1.165, 1.54) is 0 Å². The number of hydrogen-bond donors (Lipinski definition) is 5. The summed E-state index contributed by atoms with van der Waals surface area (Å²) in [5, 5.41) is 16.1. The van der Waals surface area contributed by atoms with Crippen LogP contribution in [0, 0.1) is 5.92 Å². The molecule has 1 saturated carbocycles. The van der Waals surface area contributed by atoms with E-state index in [1.807, 2.05) is 48.5 Å². The van der Waals surface area contributed by atoms with Crippen molar-refractivity contribution in [2.75, 3.05) is 0 Å². The molecule has 0 spiro atoms. The first-order valence-electron chi connectivity index (χ1n) is 14.6. The van der Waals surface area contributed by atoms with Crippen molar-refractivity contribution in [2.45, 2.75) is 56.2 Å². The Balaban J connectivity index is 1.31. The monoisotopic (exact) mass is 617 g/mol. The standard InChI is InChI=1S/C33H36N3O7P/c37-31(35-28(32(38)39)19-24-20-34-27-16-8-7-14-25(24)27)26-15-9-17-29(26)44(41,42)30(18-22-10-3-1-4-11-22)36-33(40)43-21-23-12-5-2-6-13-23/h1-8,10-14,16,20,26,28-30,34H,9,15,17-19,21H2,(H,35,37)(H,36,40)(H,38,39)(H,41,42)/t26-,28+,29-,30-/m1/s1. The van der Waals surface area contributed by atoms with Crippen LogP contribution in [-0.2, 0) is 38.3 Å². The minimum absolute atomic E-state index is 0.0120. The number of aromatic amines is 1. The summed E-state index contributed by atoms with van der Waals surface area (Å²) in [6.07, 6.45) is 2.12. The highest BCUT2D eigenvalue weighted by Gasteiger charge is 2.49. The second kappa shape index (κ2) is 13.9. The van der Waals surface area contributed by atoms with E-state index in [1.54, 1.807) is 42.6 Å². The third-order valence-corrected chi connectivity index (χ3v) is 11.0. The fraction of sp³-hybridized carbons (Fsp3) is 0.303. The number of hydrogen-bond acceptors (Lipinski definition) is 5. The van der Waals surface area contributed by atoms with Gasteiger partial charge in [-0.2, -0.15) is 0 Å². The Morgan fingerprint density at radius 3 is 2.25 bits per heavy atom. The first-order valence-corrected chi connectivity index (χ1v) is 16.4. The van der Waals surface area contributed by atoms with Crippen LogP contribution in [0.25, 0.3) is 10.9 Å². The SMILES string of the molecule is O=C(N[C@@H](Cc1ccccc1)P(=O)(O)[C@@H]1CCC[C@H]1C(=O)N[C@@H](Cc1c[nH]c2ccccc12)C(=O)O)OCc1ccccc1. The number of carboxylic acid groups (broad SMARTS) is 1. The predicted molar refractivity (Wildman–Crippen MR) is 166 cm³/mol. The first-order chi connectivity index (χ1) is 21.2. The molecule has 230 valence electrons. The number of carbonyl (C=O) groups is 3. The van der Waals surface area contributed by atoms with Gasteiger partial charge in [0, 0.05) is 41.5 Å². The summed E-state index contributed by atoms with van der Waals surface area (Å²) in [6.45, 7) is -0.0120. The molecule has 1 aliphatic rings. The van der Waals surface area contributed by atoms with Crippen molar-refractivity contribution in [1.82, 2.24) is 15.6 Å². The van der Waals surface area contributed by atoms with E-state index >= 15 is 0 Å². The molecule has 5 N–H and O–H groups in total. The molecule has 0 radical (unpaired) electrons. The van der Waals surface area contributed by atoms with Crippen LogP contribution in [0.2, 0.25) is 0 Å². The normalized spacial score (nSPS) is 19.0. The smallest absolute Gasteiger partial charge is 0.408 e. The second-order valence-corrected chi connectivity index (χ2v) is 13.8. The summed E-state index contributed by atoms with van der Waals surface area (Å²) in [6, 6.07) is 24.4. The van der Waals surface area contributed by atoms with Crippen LogP contribution in [0.5, 0.6) is 0 Å². The van der Waals surface area contributed by atoms with E-state index in [0.717, 1.165) is 27.6 Å². The molecular weight excluding hydrogens is 581 g/mol. The van der Waals surface area contributed by atoms with E-state index in [0.29, 0.717) is 12.8 Å². The molecule has 0 saturated heterocycles. The van der Waals surface area contributed by atoms with Gasteiger partial charge in [-0.1, -0.05) is 85.3 Å². The van der Waals surface area contributed by atoms with Crippen LogP contribution in [-0.4, -0.2) is 50.4 Å². The fourth-order valence-corrected chi connectivity index (χ4v) is 8.51. The average Bonchev–Trinajstić information content (AvgIpc) is 3.69. The lowest BCUT2D eigenvalue weighted by molar-refractivity contribution is -0.142. The molecule has 1 aliphatic carbocycles. The number of carboxylic acids is 1. The van der Waals surface area contributed by atoms with Gasteiger partial charge in [0.05, 0.1) is 0 Å². The highest BCUT2D eigenvalue weighted by atomic mass is 31.2. The fourth-order valence-electron chi connectivity index (χ4n) is 5.93. The summed E-state index contributed by atoms with van der Waals surface area (Å²) < 4.78 is 19.6. The first kappa shape index (κ1) is 31.0. The highest BCUT2D eigenvalue weighted by molar-refractivity contribution is 7.59. The molecule has 0 aliphatic heterocycles. The van der Waals surface area contributed by atoms with Crippen molar-refractivity contribution in [3.8, 4) is 0 Å². The van der Waals surface area contributed by atoms with Crippen molar-refractivity contribution in [3.63, 3.8) is 0 Å². The Kier molecular flexibility index (Phi) is 9.82. The number of alkyl carbamates (subject to hydrolysis) is 1. The van der Waals surface area contributed by atoms with E-state index in [9.17, 15) is 28.9 Å². The van der Waals surface area contributed by atoms with Crippen LogP contribution in [0.4, 0.5) is 4.79 Å². The van der Waals surface area contributed by atoms with Gasteiger partial charge < -0.3 is 30.4 Å². The van der Waals surface area contributed by atoms with E-state index in [2.05, 4.69) is 15.6 Å². The second-order valence-electron chi connectivity index (χ2n) is 11.2. The molecule has 11 heteroatoms. The Labute approximate surface area is 255 Å². The Hall–Kier alpha value is -4.40. The summed E-state index contributed by atoms with van der Waals surface area (Å²) in [7, 11) is -4.26. The summed E-state index contributed by atoms with van der Waals surface area (Å²) in [5.41, 5.74) is 2.13. The minimum atomic E-state index is -4.26. The molecule has 0 bridgehead atoms. The maximum atomic E-state index is 14.3. The van der Waals surface area contributed by atoms with E-state index in [-0.39, 0.29) is 25.9 Å². The van der Waals surface area contributed by atoms with Gasteiger partial charge in [-0.15, -0.1) is 0 Å². The van der Waals surface area contributed by atoms with Gasteiger partial charge >= 0.3 is 12.1 Å². The molecule has 10 nitrogen and oxygen atoms in total. The molecule has 3 aromatic carbocycles. The molecule has 2 amide bonds. The van der Waals surface area contributed by atoms with Crippen molar-refractivity contribution in [1.29, 1.82) is 0 Å². The Morgan fingerprint density at radius 1 is 0.886 bits per heavy atom. The van der Waals surface area contributed by atoms with Gasteiger partial charge in [-0.3, -0.25) is 9.36 Å². The van der Waals surface area contributed by atoms with Gasteiger partial charge in [0.2, 0.25) is 13.3 Å². The minimum Gasteiger partial charge on any atom is -0.480 e. The lowest BCUT2D eigenvalue weighted by atomic mass is 10.0. The van der Waals surface area contributed by atoms with Crippen LogP contribution in [0.1, 0.15) is 36.0 Å². The number of carbonyl (C=O) groups excluding carboxylic acids is 2. The number of ether oxygens (including phenoxy) is 1. The molecule has 1 unspecified atom stereocenters. The number of nitrogens with one attached hydrogen (secondary N) is 3. The Morgan fingerprint density at radius 2 is 1.55 bits per heavy atom. The number of rotatable bonds is 12. The molecule has 5 atom stereocenters. The molecule has 5 rings (SSSR count). The zero-order valence-electron chi connectivity index (χ0n) is 24.1. The third kappa shape index (κ3) is 7.38. The summed E-state index contributed by atoms with van der Waals surface area (Å²) in [4.78, 5) is 53.3. The van der Waals surface area contributed by atoms with Gasteiger partial charge in [0.15, 0.2) is 0 Å². The number of benzene rings is 3. The van der Waals surface area contributed by atoms with Crippen molar-refractivity contribution < 1.29 is 33.7 Å². The topological polar surface area (TPSA) is 158 Å². The number of amides is 2. The van der Waals surface area contributed by atoms with Crippen molar-refractivity contribution >= 4 is 36.2 Å². The quantitative estimate of drug-likeness (QED) is 0.137. The number of H-pyrrole nitrogens is 1. The van der Waals surface area contributed by atoms with Crippen LogP contribution >= 0.6 is 7.37 Å². The van der Waals surface area contributed by atoms with Gasteiger partial charge in [-0.25, -0.2) is 9.59 Å². The number of aromatic nitrogens is 1. The molecule has 44 heavy (non-hydrogen) atoms. The van der Waals surface area contributed by atoms with Gasteiger partial charge in [-0.05, 0) is 35.6 Å². The summed E-state index contributed by atoms with van der Waals surface area (Å²) >= 11 is 0. The summed E-state index contributed by atoms with van der Waals surface area (Å²) in [5.74, 6) is -3.89. The van der Waals surface area contributed by atoms with Crippen molar-refractivity contribution in [2.24, 2.45) is 5.92 Å². The molecule has 4 aromatic rings. The highest BCUT2D eigenvalue weighted by Crippen LogP contribution is 2.58. The zero-order chi connectivity index (χ0) is 31.1. The largest absolute Gasteiger partial charge is 0.480 e. The molecular formula is C33H36N3O7P. The van der Waals surface area contributed by atoms with Gasteiger partial charge in [0.25, 0.3) is 0 Å². The number of aliphatic carboxylic acids is 1. The maximum Gasteiger partial charge on any atom is 0.408 e. The lowest BCUT2D eigenvalue weighted by Gasteiger charge is -2.31. The number of para-hydroxylation sites is 1. The maximum absolute atomic E-state index is 14.3.